The van der Waals surface area contributed by atoms with E-state index in [0.29, 0.717) is 0 Å². The first kappa shape index (κ1) is 10.5. The van der Waals surface area contributed by atoms with Crippen molar-refractivity contribution < 1.29 is 0 Å². The maximum absolute atomic E-state index is 2.50. The quantitative estimate of drug-likeness (QED) is 0.348. The highest BCUT2D eigenvalue weighted by Gasteiger charge is 2.08. The number of hydrogen-bond acceptors (Lipinski definition) is 0. The van der Waals surface area contributed by atoms with E-state index in [2.05, 4.69) is 49.4 Å². The summed E-state index contributed by atoms with van der Waals surface area (Å²) >= 11 is 2.50. The van der Waals surface area contributed by atoms with Gasteiger partial charge in [-0.05, 0) is 19.8 Å². The van der Waals surface area contributed by atoms with Crippen LogP contribution in [0.5, 0.6) is 0 Å². The molecule has 1 rings (SSSR count). The highest BCUT2D eigenvalue weighted by atomic mass is 127. The minimum absolute atomic E-state index is 0.901. The molecule has 1 atom stereocenters. The van der Waals surface area contributed by atoms with Gasteiger partial charge in [0.15, 0.2) is 0 Å². The van der Waals surface area contributed by atoms with Crippen LogP contribution in [-0.4, -0.2) is 3.92 Å². The second-order valence-corrected chi connectivity index (χ2v) is 4.56. The normalized spacial score (nSPS) is 23.2. The van der Waals surface area contributed by atoms with E-state index in [4.69, 9.17) is 0 Å². The molecule has 0 aromatic heterocycles. The summed E-state index contributed by atoms with van der Waals surface area (Å²) in [5, 5.41) is 0. The summed E-state index contributed by atoms with van der Waals surface area (Å²) in [5.41, 5.74) is 1.57. The molecule has 1 aliphatic rings. The van der Waals surface area contributed by atoms with Crippen molar-refractivity contribution in [2.24, 2.45) is 0 Å². The summed E-state index contributed by atoms with van der Waals surface area (Å²) in [7, 11) is 0. The first-order chi connectivity index (χ1) is 4.70. The predicted molar refractivity (Wildman–Crippen MR) is 56.8 cm³/mol. The molecule has 0 fully saturated rings. The molecule has 0 aromatic carbocycles. The third-order valence-corrected chi connectivity index (χ3v) is 2.21. The molecule has 0 saturated heterocycles. The molecule has 0 nitrogen and oxygen atoms in total. The Bertz CT molecular complexity index is 105. The fourth-order valence-corrected chi connectivity index (χ4v) is 1.79. The van der Waals surface area contributed by atoms with Crippen LogP contribution in [0.1, 0.15) is 40.0 Å². The molecule has 0 spiro atoms. The van der Waals surface area contributed by atoms with Crippen molar-refractivity contribution in [2.75, 3.05) is 0 Å². The Morgan fingerprint density at radius 1 is 1.60 bits per heavy atom. The van der Waals surface area contributed by atoms with Crippen LogP contribution < -0.4 is 0 Å². The molecule has 0 aromatic rings. The Morgan fingerprint density at radius 2 is 2.10 bits per heavy atom. The molecular formula is C9H17I. The summed E-state index contributed by atoms with van der Waals surface area (Å²) in [6.07, 6.45) is 6.20. The first-order valence-corrected chi connectivity index (χ1v) is 5.25. The van der Waals surface area contributed by atoms with Gasteiger partial charge in [0.1, 0.15) is 0 Å². The predicted octanol–water partition coefficient (Wildman–Crippen LogP) is 3.95. The van der Waals surface area contributed by atoms with Crippen LogP contribution in [-0.2, 0) is 0 Å². The molecule has 1 aliphatic carbocycles. The van der Waals surface area contributed by atoms with E-state index in [9.17, 15) is 0 Å². The van der Waals surface area contributed by atoms with E-state index in [1.54, 1.807) is 5.57 Å². The Morgan fingerprint density at radius 3 is 2.20 bits per heavy atom. The van der Waals surface area contributed by atoms with Gasteiger partial charge in [0.25, 0.3) is 0 Å². The molecular weight excluding hydrogens is 235 g/mol. The van der Waals surface area contributed by atoms with Crippen LogP contribution in [0, 0.1) is 0 Å². The summed E-state index contributed by atoms with van der Waals surface area (Å²) in [4.78, 5) is 0. The lowest BCUT2D eigenvalue weighted by atomic mass is 10.3. The fraction of sp³-hybridized carbons (Fsp3) is 0.778. The van der Waals surface area contributed by atoms with E-state index in [1.807, 2.05) is 0 Å². The van der Waals surface area contributed by atoms with Gasteiger partial charge in [-0.3, -0.25) is 0 Å². The van der Waals surface area contributed by atoms with Crippen molar-refractivity contribution in [1.29, 1.82) is 0 Å². The van der Waals surface area contributed by atoms with Crippen LogP contribution in [0.4, 0.5) is 0 Å². The molecule has 0 radical (unpaired) electrons. The van der Waals surface area contributed by atoms with Gasteiger partial charge in [-0.2, -0.15) is 0 Å². The largest absolute Gasteiger partial charge is 0.0845 e. The number of halogens is 1. The lowest BCUT2D eigenvalue weighted by molar-refractivity contribution is 0.965. The Hall–Kier alpha value is 0.470. The van der Waals surface area contributed by atoms with Crippen molar-refractivity contribution >= 4 is 22.6 Å². The van der Waals surface area contributed by atoms with Gasteiger partial charge in [-0.1, -0.05) is 54.5 Å². The van der Waals surface area contributed by atoms with Crippen LogP contribution in [0.25, 0.3) is 0 Å². The lowest BCUT2D eigenvalue weighted by Crippen LogP contribution is -1.85. The molecule has 0 heterocycles. The maximum atomic E-state index is 2.50. The first-order valence-electron chi connectivity index (χ1n) is 4.00. The molecule has 60 valence electrons. The summed E-state index contributed by atoms with van der Waals surface area (Å²) in [6, 6.07) is 0. The monoisotopic (exact) mass is 252 g/mol. The second kappa shape index (κ2) is 6.20. The lowest BCUT2D eigenvalue weighted by Gasteiger charge is -1.92. The van der Waals surface area contributed by atoms with Crippen molar-refractivity contribution in [1.82, 2.24) is 0 Å². The van der Waals surface area contributed by atoms with E-state index in [0.717, 1.165) is 3.92 Å². The van der Waals surface area contributed by atoms with Crippen molar-refractivity contribution in [3.05, 3.63) is 11.6 Å². The zero-order valence-corrected chi connectivity index (χ0v) is 9.31. The third kappa shape index (κ3) is 5.27. The third-order valence-electron chi connectivity index (χ3n) is 1.27. The van der Waals surface area contributed by atoms with Crippen molar-refractivity contribution in [2.45, 2.75) is 44.0 Å². The van der Waals surface area contributed by atoms with E-state index < -0.39 is 0 Å². The molecule has 0 saturated carbocycles. The highest BCUT2D eigenvalue weighted by molar-refractivity contribution is 14.1. The standard InChI is InChI=1S/C6H9I.C3H8/c1-5-2-3-6(7)4-5;1-3-2/h2,6H,3-4H2,1H3;3H2,1-2H3. The van der Waals surface area contributed by atoms with E-state index in [1.165, 1.54) is 19.3 Å². The van der Waals surface area contributed by atoms with Gasteiger partial charge in [-0.15, -0.1) is 0 Å². The fourth-order valence-electron chi connectivity index (χ4n) is 0.845. The molecule has 1 unspecified atom stereocenters. The van der Waals surface area contributed by atoms with E-state index in [-0.39, 0.29) is 0 Å². The molecule has 1 heteroatoms. The number of hydrogen-bond donors (Lipinski definition) is 0. The van der Waals surface area contributed by atoms with Crippen molar-refractivity contribution in [3.8, 4) is 0 Å². The van der Waals surface area contributed by atoms with Crippen LogP contribution in [0.3, 0.4) is 0 Å². The zero-order valence-electron chi connectivity index (χ0n) is 7.15. The molecule has 0 aliphatic heterocycles. The van der Waals surface area contributed by atoms with Gasteiger partial charge in [0, 0.05) is 3.92 Å². The average molecular weight is 252 g/mol. The molecule has 10 heavy (non-hydrogen) atoms. The summed E-state index contributed by atoms with van der Waals surface area (Å²) in [6.45, 7) is 6.46. The molecule has 0 bridgehead atoms. The summed E-state index contributed by atoms with van der Waals surface area (Å²) in [5.74, 6) is 0. The van der Waals surface area contributed by atoms with Crippen molar-refractivity contribution in [3.63, 3.8) is 0 Å². The number of allylic oxidation sites excluding steroid dienone is 2. The SMILES string of the molecule is CC1=CCC(I)C1.CCC. The smallest absolute Gasteiger partial charge is 0.0181 e. The maximum Gasteiger partial charge on any atom is 0.0181 e. The Kier molecular flexibility index (Phi) is 6.49. The topological polar surface area (TPSA) is 0 Å². The van der Waals surface area contributed by atoms with Crippen LogP contribution in [0.15, 0.2) is 11.6 Å². The van der Waals surface area contributed by atoms with Crippen LogP contribution in [0.2, 0.25) is 0 Å². The van der Waals surface area contributed by atoms with Gasteiger partial charge in [-0.25, -0.2) is 0 Å². The Labute approximate surface area is 78.2 Å². The van der Waals surface area contributed by atoms with Gasteiger partial charge >= 0.3 is 0 Å². The number of rotatable bonds is 0. The van der Waals surface area contributed by atoms with Crippen LogP contribution >= 0.6 is 22.6 Å². The van der Waals surface area contributed by atoms with Gasteiger partial charge in [0.05, 0.1) is 0 Å². The van der Waals surface area contributed by atoms with E-state index >= 15 is 0 Å². The molecule has 0 N–H and O–H groups in total. The average Bonchev–Trinajstić information content (AvgIpc) is 2.17. The zero-order chi connectivity index (χ0) is 7.98. The van der Waals surface area contributed by atoms with Gasteiger partial charge in [0.2, 0.25) is 0 Å². The second-order valence-electron chi connectivity index (χ2n) is 2.79. The molecule has 0 amide bonds. The number of alkyl halides is 1. The minimum atomic E-state index is 0.901. The summed E-state index contributed by atoms with van der Waals surface area (Å²) < 4.78 is 0.901. The van der Waals surface area contributed by atoms with Gasteiger partial charge < -0.3 is 0 Å². The highest BCUT2D eigenvalue weighted by Crippen LogP contribution is 2.24. The minimum Gasteiger partial charge on any atom is -0.0845 e. The Balaban J connectivity index is 0.000000236.